The van der Waals surface area contributed by atoms with Crippen molar-refractivity contribution < 1.29 is 19.1 Å². The van der Waals surface area contributed by atoms with Crippen LogP contribution >= 0.6 is 11.8 Å². The number of para-hydroxylation sites is 2. The van der Waals surface area contributed by atoms with Crippen LogP contribution in [0.15, 0.2) is 62.8 Å². The maximum Gasteiger partial charge on any atom is 0.332 e. The molecule has 0 aliphatic carbocycles. The molecule has 0 radical (unpaired) electrons. The Morgan fingerprint density at radius 3 is 2.22 bits per heavy atom. The Bertz CT molecular complexity index is 857. The second-order valence-electron chi connectivity index (χ2n) is 5.01. The lowest BCUT2D eigenvalue weighted by atomic mass is 10.2. The smallest absolute Gasteiger partial charge is 0.332 e. The van der Waals surface area contributed by atoms with E-state index in [1.165, 1.54) is 11.9 Å². The molecule has 3 aromatic rings. The van der Waals surface area contributed by atoms with Crippen molar-refractivity contribution in [1.82, 2.24) is 5.27 Å². The highest BCUT2D eigenvalue weighted by atomic mass is 32.2. The Kier molecular flexibility index (Phi) is 3.09. The van der Waals surface area contributed by atoms with Crippen LogP contribution in [0.25, 0.3) is 0 Å². The van der Waals surface area contributed by atoms with Gasteiger partial charge >= 0.3 is 11.6 Å². The molecule has 0 unspecified atom stereocenters. The van der Waals surface area contributed by atoms with E-state index < -0.39 is 11.9 Å². The lowest BCUT2D eigenvalue weighted by molar-refractivity contribution is -0.741. The van der Waals surface area contributed by atoms with Crippen molar-refractivity contribution >= 4 is 29.0 Å². The summed E-state index contributed by atoms with van der Waals surface area (Å²) in [6.07, 6.45) is 0. The highest BCUT2D eigenvalue weighted by Crippen LogP contribution is 2.48. The largest absolute Gasteiger partial charge is 0.538 e. The van der Waals surface area contributed by atoms with Gasteiger partial charge in [-0.1, -0.05) is 40.7 Å². The molecular formula is C16H11N3O3S. The minimum absolute atomic E-state index is 0.110. The third kappa shape index (κ3) is 2.08. The van der Waals surface area contributed by atoms with Gasteiger partial charge in [0.05, 0.1) is 16.6 Å². The fraction of sp³-hybridized carbons (Fsp3) is 0.0625. The van der Waals surface area contributed by atoms with E-state index in [0.29, 0.717) is 0 Å². The van der Waals surface area contributed by atoms with Crippen molar-refractivity contribution in [3.8, 4) is 5.95 Å². The van der Waals surface area contributed by atoms with Crippen molar-refractivity contribution in [3.63, 3.8) is 0 Å². The van der Waals surface area contributed by atoms with Gasteiger partial charge in [-0.15, -0.1) is 0 Å². The topological polar surface area (TPSA) is 73.3 Å². The molecule has 0 bridgehead atoms. The molecule has 23 heavy (non-hydrogen) atoms. The van der Waals surface area contributed by atoms with Crippen LogP contribution in [0.3, 0.4) is 0 Å². The number of rotatable bonds is 1. The number of hydrogen-bond donors (Lipinski definition) is 0. The van der Waals surface area contributed by atoms with Crippen LogP contribution in [0.2, 0.25) is 0 Å². The molecule has 0 fully saturated rings. The Balaban J connectivity index is 1.93. The molecule has 0 spiro atoms. The van der Waals surface area contributed by atoms with Crippen LogP contribution in [-0.2, 0) is 7.05 Å². The Morgan fingerprint density at radius 2 is 1.70 bits per heavy atom. The van der Waals surface area contributed by atoms with Crippen molar-refractivity contribution in [3.05, 3.63) is 54.2 Å². The zero-order valence-corrected chi connectivity index (χ0v) is 12.9. The number of benzene rings is 2. The number of carbonyl (C=O) groups is 1. The molecule has 7 heteroatoms. The van der Waals surface area contributed by atoms with Crippen LogP contribution in [0.4, 0.5) is 11.4 Å². The van der Waals surface area contributed by atoms with Gasteiger partial charge < -0.3 is 9.63 Å². The summed E-state index contributed by atoms with van der Waals surface area (Å²) in [5, 5.41) is 15.4. The number of hydrogen-bond acceptors (Lipinski definition) is 5. The minimum Gasteiger partial charge on any atom is -0.538 e. The summed E-state index contributed by atoms with van der Waals surface area (Å²) >= 11 is 1.59. The van der Waals surface area contributed by atoms with E-state index in [1.807, 2.05) is 48.5 Å². The Morgan fingerprint density at radius 1 is 1.13 bits per heavy atom. The number of aryl methyl sites for hydroxylation is 1. The summed E-state index contributed by atoms with van der Waals surface area (Å²) in [6.45, 7) is 0. The van der Waals surface area contributed by atoms with Gasteiger partial charge in [-0.25, -0.2) is 0 Å². The third-order valence-corrected chi connectivity index (χ3v) is 4.73. The first kappa shape index (κ1) is 13.8. The van der Waals surface area contributed by atoms with Gasteiger partial charge in [-0.3, -0.25) is 9.69 Å². The Labute approximate surface area is 135 Å². The molecule has 1 aromatic heterocycles. The summed E-state index contributed by atoms with van der Waals surface area (Å²) in [5.41, 5.74) is 1.37. The summed E-state index contributed by atoms with van der Waals surface area (Å²) in [6, 6.07) is 15.2. The van der Waals surface area contributed by atoms with Gasteiger partial charge in [0.2, 0.25) is 0 Å². The first-order valence-corrected chi connectivity index (χ1v) is 7.72. The van der Waals surface area contributed by atoms with Gasteiger partial charge in [0.1, 0.15) is 0 Å². The molecule has 0 saturated carbocycles. The molecule has 2 heterocycles. The zero-order chi connectivity index (χ0) is 16.0. The van der Waals surface area contributed by atoms with E-state index in [1.54, 1.807) is 11.8 Å². The monoisotopic (exact) mass is 325 g/mol. The van der Waals surface area contributed by atoms with E-state index >= 15 is 0 Å². The highest BCUT2D eigenvalue weighted by molar-refractivity contribution is 7.99. The van der Waals surface area contributed by atoms with Crippen LogP contribution in [0.5, 0.6) is 5.95 Å². The zero-order valence-electron chi connectivity index (χ0n) is 12.1. The molecule has 1 aliphatic heterocycles. The van der Waals surface area contributed by atoms with E-state index in [2.05, 4.69) is 9.79 Å². The minimum atomic E-state index is -0.745. The van der Waals surface area contributed by atoms with E-state index in [0.717, 1.165) is 25.8 Å². The normalized spacial score (nSPS) is 12.7. The van der Waals surface area contributed by atoms with Crippen molar-refractivity contribution in [1.29, 1.82) is 0 Å². The first-order chi connectivity index (χ1) is 11.2. The quantitative estimate of drug-likeness (QED) is 0.640. The van der Waals surface area contributed by atoms with Gasteiger partial charge in [0.15, 0.2) is 13.0 Å². The number of carbonyl (C=O) groups excluding carboxylic acids is 1. The summed E-state index contributed by atoms with van der Waals surface area (Å²) < 4.78 is 5.75. The van der Waals surface area contributed by atoms with Crippen LogP contribution in [-0.4, -0.2) is 11.2 Å². The lowest BCUT2D eigenvalue weighted by Crippen LogP contribution is -2.42. The number of aromatic nitrogens is 2. The second-order valence-corrected chi connectivity index (χ2v) is 6.09. The van der Waals surface area contributed by atoms with Crippen LogP contribution in [0, 0.1) is 0 Å². The van der Waals surface area contributed by atoms with E-state index in [4.69, 9.17) is 0 Å². The SMILES string of the molecule is C[n+]1noc([O-])c1C(=O)N1c2ccccc2Sc2ccccc21. The third-order valence-electron chi connectivity index (χ3n) is 3.60. The molecule has 6 nitrogen and oxygen atoms in total. The van der Waals surface area contributed by atoms with Gasteiger partial charge in [-0.2, -0.15) is 0 Å². The fourth-order valence-corrected chi connectivity index (χ4v) is 3.63. The highest BCUT2D eigenvalue weighted by Gasteiger charge is 2.34. The molecule has 114 valence electrons. The molecule has 2 aromatic carbocycles. The van der Waals surface area contributed by atoms with E-state index in [-0.39, 0.29) is 5.69 Å². The van der Waals surface area contributed by atoms with Gasteiger partial charge in [0.25, 0.3) is 0 Å². The predicted octanol–water partition coefficient (Wildman–Crippen LogP) is 2.02. The van der Waals surface area contributed by atoms with Gasteiger partial charge in [-0.05, 0) is 24.3 Å². The number of anilines is 2. The molecule has 1 amide bonds. The molecule has 4 rings (SSSR count). The maximum absolute atomic E-state index is 13.0. The average Bonchev–Trinajstić information content (AvgIpc) is 2.90. The number of nitrogens with zero attached hydrogens (tertiary/aromatic N) is 3. The molecule has 0 saturated heterocycles. The number of amides is 1. The summed E-state index contributed by atoms with van der Waals surface area (Å²) in [4.78, 5) is 16.5. The van der Waals surface area contributed by atoms with Crippen molar-refractivity contribution in [2.75, 3.05) is 4.90 Å². The van der Waals surface area contributed by atoms with Gasteiger partial charge in [0, 0.05) is 9.79 Å². The standard InChI is InChI=1S/C16H11N3O3S/c1-18-14(16(21)22-17-18)15(20)19-10-6-2-4-8-12(10)23-13-9-5-3-7-11(13)19/h2-9H,1H3. The van der Waals surface area contributed by atoms with Crippen LogP contribution < -0.4 is 14.7 Å². The molecule has 0 atom stereocenters. The van der Waals surface area contributed by atoms with Crippen LogP contribution in [0.1, 0.15) is 10.5 Å². The predicted molar refractivity (Wildman–Crippen MR) is 80.6 cm³/mol. The molecule has 0 N–H and O–H groups in total. The molecular weight excluding hydrogens is 314 g/mol. The fourth-order valence-electron chi connectivity index (χ4n) is 2.57. The maximum atomic E-state index is 13.0. The molecule has 1 aliphatic rings. The van der Waals surface area contributed by atoms with E-state index in [9.17, 15) is 9.90 Å². The van der Waals surface area contributed by atoms with Crippen molar-refractivity contribution in [2.24, 2.45) is 7.05 Å². The lowest BCUT2D eigenvalue weighted by Gasteiger charge is -2.29. The number of fused-ring (bicyclic) bond motifs is 2. The second kappa shape index (κ2) is 5.13. The van der Waals surface area contributed by atoms with Crippen molar-refractivity contribution in [2.45, 2.75) is 9.79 Å². The summed E-state index contributed by atoms with van der Waals surface area (Å²) in [5.74, 6) is -1.20. The first-order valence-electron chi connectivity index (χ1n) is 6.90. The Hall–Kier alpha value is -2.80. The average molecular weight is 325 g/mol. The summed E-state index contributed by atoms with van der Waals surface area (Å²) in [7, 11) is 1.51.